The number of benzene rings is 1. The Kier molecular flexibility index (Phi) is 3.39. The highest BCUT2D eigenvalue weighted by atomic mass is 16.6. The fraction of sp³-hybridized carbons (Fsp3) is 0.0769. The summed E-state index contributed by atoms with van der Waals surface area (Å²) in [5.41, 5.74) is 0.793. The fourth-order valence-electron chi connectivity index (χ4n) is 1.55. The molecule has 0 bridgehead atoms. The number of ether oxygens (including phenoxy) is 1. The van der Waals surface area contributed by atoms with E-state index in [1.165, 1.54) is 18.3 Å². The van der Waals surface area contributed by atoms with Crippen LogP contribution in [-0.2, 0) is 0 Å². The van der Waals surface area contributed by atoms with Crippen LogP contribution in [0.4, 0.5) is 5.69 Å². The average Bonchev–Trinajstić information content (AvgIpc) is 2.39. The summed E-state index contributed by atoms with van der Waals surface area (Å²) in [5, 5.41) is 19.9. The topological polar surface area (TPSA) is 89.1 Å². The van der Waals surface area contributed by atoms with Gasteiger partial charge in [-0.1, -0.05) is 12.1 Å². The second-order valence-electron chi connectivity index (χ2n) is 3.75. The van der Waals surface area contributed by atoms with Crippen LogP contribution >= 0.6 is 0 Å². The SMILES string of the molecule is Cc1ccnc(Oc2ccccc2[N+](=O)[O-])c1C#N. The van der Waals surface area contributed by atoms with Crippen LogP contribution in [0.3, 0.4) is 0 Å². The van der Waals surface area contributed by atoms with Crippen LogP contribution in [0.2, 0.25) is 0 Å². The lowest BCUT2D eigenvalue weighted by atomic mass is 10.2. The first-order valence-electron chi connectivity index (χ1n) is 5.40. The molecule has 0 amide bonds. The lowest BCUT2D eigenvalue weighted by molar-refractivity contribution is -0.385. The summed E-state index contributed by atoms with van der Waals surface area (Å²) >= 11 is 0. The molecular formula is C13H9N3O3. The molecule has 0 atom stereocenters. The third-order valence-corrected chi connectivity index (χ3v) is 2.50. The normalized spacial score (nSPS) is 9.68. The predicted molar refractivity (Wildman–Crippen MR) is 66.9 cm³/mol. The van der Waals surface area contributed by atoms with Gasteiger partial charge in [0.15, 0.2) is 0 Å². The Bertz CT molecular complexity index is 677. The number of aryl methyl sites for hydroxylation is 1. The number of hydrogen-bond acceptors (Lipinski definition) is 5. The lowest BCUT2D eigenvalue weighted by Gasteiger charge is -2.07. The second kappa shape index (κ2) is 5.14. The standard InChI is InChI=1S/C13H9N3O3/c1-9-6-7-15-13(10(9)8-14)19-12-5-3-2-4-11(12)16(17)18/h2-7H,1H3. The van der Waals surface area contributed by atoms with E-state index >= 15 is 0 Å². The summed E-state index contributed by atoms with van der Waals surface area (Å²) in [6.07, 6.45) is 1.49. The van der Waals surface area contributed by atoms with Crippen molar-refractivity contribution in [3.05, 3.63) is 57.8 Å². The van der Waals surface area contributed by atoms with Gasteiger partial charge in [0, 0.05) is 12.3 Å². The largest absolute Gasteiger partial charge is 0.430 e. The summed E-state index contributed by atoms with van der Waals surface area (Å²) < 4.78 is 5.40. The number of aromatic nitrogens is 1. The third-order valence-electron chi connectivity index (χ3n) is 2.50. The minimum absolute atomic E-state index is 0.0575. The van der Waals surface area contributed by atoms with Crippen LogP contribution in [0.25, 0.3) is 0 Å². The van der Waals surface area contributed by atoms with E-state index in [2.05, 4.69) is 4.98 Å². The van der Waals surface area contributed by atoms with Crippen LogP contribution in [-0.4, -0.2) is 9.91 Å². The highest BCUT2D eigenvalue weighted by Crippen LogP contribution is 2.31. The maximum absolute atomic E-state index is 10.9. The van der Waals surface area contributed by atoms with Crippen LogP contribution in [0.5, 0.6) is 11.6 Å². The zero-order chi connectivity index (χ0) is 13.8. The summed E-state index contributed by atoms with van der Waals surface area (Å²) in [5.74, 6) is 0.124. The molecule has 0 radical (unpaired) electrons. The van der Waals surface area contributed by atoms with Crippen LogP contribution in [0.1, 0.15) is 11.1 Å². The molecule has 0 aliphatic carbocycles. The Morgan fingerprint density at radius 2 is 2.11 bits per heavy atom. The van der Waals surface area contributed by atoms with Crippen molar-refractivity contribution < 1.29 is 9.66 Å². The first-order valence-corrected chi connectivity index (χ1v) is 5.40. The molecule has 0 aliphatic rings. The summed E-state index contributed by atoms with van der Waals surface area (Å²) in [7, 11) is 0. The Morgan fingerprint density at radius 3 is 2.79 bits per heavy atom. The summed E-state index contributed by atoms with van der Waals surface area (Å²) in [6, 6.07) is 9.60. The van der Waals surface area contributed by atoms with Crippen molar-refractivity contribution in [3.63, 3.8) is 0 Å². The molecule has 0 saturated carbocycles. The highest BCUT2D eigenvalue weighted by molar-refractivity contribution is 5.51. The number of nitrogens with zero attached hydrogens (tertiary/aromatic N) is 3. The van der Waals surface area contributed by atoms with E-state index in [9.17, 15) is 10.1 Å². The van der Waals surface area contributed by atoms with Gasteiger partial charge in [0.05, 0.1) is 4.92 Å². The lowest BCUT2D eigenvalue weighted by Crippen LogP contribution is -1.97. The van der Waals surface area contributed by atoms with Gasteiger partial charge < -0.3 is 4.74 Å². The zero-order valence-corrected chi connectivity index (χ0v) is 10.0. The summed E-state index contributed by atoms with van der Waals surface area (Å²) in [4.78, 5) is 14.3. The van der Waals surface area contributed by atoms with Crippen LogP contribution < -0.4 is 4.74 Å². The fourth-order valence-corrected chi connectivity index (χ4v) is 1.55. The van der Waals surface area contributed by atoms with Gasteiger partial charge in [0.1, 0.15) is 11.6 Å². The minimum Gasteiger partial charge on any atom is -0.430 e. The van der Waals surface area contributed by atoms with Crippen molar-refractivity contribution in [3.8, 4) is 17.7 Å². The number of hydrogen-bond donors (Lipinski definition) is 0. The zero-order valence-electron chi connectivity index (χ0n) is 10.0. The van der Waals surface area contributed by atoms with E-state index in [-0.39, 0.29) is 22.9 Å². The van der Waals surface area contributed by atoms with Gasteiger partial charge in [-0.25, -0.2) is 4.98 Å². The molecule has 94 valence electrons. The molecule has 6 heteroatoms. The van der Waals surface area contributed by atoms with E-state index < -0.39 is 4.92 Å². The molecule has 6 nitrogen and oxygen atoms in total. The highest BCUT2D eigenvalue weighted by Gasteiger charge is 2.17. The van der Waals surface area contributed by atoms with Crippen LogP contribution in [0, 0.1) is 28.4 Å². The van der Waals surface area contributed by atoms with E-state index in [0.29, 0.717) is 5.56 Å². The van der Waals surface area contributed by atoms with Gasteiger partial charge in [-0.05, 0) is 24.6 Å². The second-order valence-corrected chi connectivity index (χ2v) is 3.75. The Hall–Kier alpha value is -2.94. The van der Waals surface area contributed by atoms with Gasteiger partial charge in [-0.15, -0.1) is 0 Å². The molecule has 2 rings (SSSR count). The van der Waals surface area contributed by atoms with Crippen molar-refractivity contribution in [1.82, 2.24) is 4.98 Å². The van der Waals surface area contributed by atoms with Crippen molar-refractivity contribution in [1.29, 1.82) is 5.26 Å². The molecule has 1 heterocycles. The van der Waals surface area contributed by atoms with E-state index in [4.69, 9.17) is 10.00 Å². The third kappa shape index (κ3) is 2.50. The molecule has 1 aromatic carbocycles. The Morgan fingerprint density at radius 1 is 1.37 bits per heavy atom. The molecule has 0 spiro atoms. The van der Waals surface area contributed by atoms with Gasteiger partial charge in [-0.2, -0.15) is 5.26 Å². The number of nitriles is 1. The Labute approximate surface area is 109 Å². The van der Waals surface area contributed by atoms with Gasteiger partial charge in [0.2, 0.25) is 11.6 Å². The smallest absolute Gasteiger partial charge is 0.311 e. The van der Waals surface area contributed by atoms with Gasteiger partial charge in [-0.3, -0.25) is 10.1 Å². The predicted octanol–water partition coefficient (Wildman–Crippen LogP) is 2.96. The summed E-state index contributed by atoms with van der Waals surface area (Å²) in [6.45, 7) is 1.74. The molecule has 1 aromatic heterocycles. The average molecular weight is 255 g/mol. The number of nitro benzene ring substituents is 1. The number of pyridine rings is 1. The molecule has 19 heavy (non-hydrogen) atoms. The number of nitro groups is 1. The molecule has 0 saturated heterocycles. The van der Waals surface area contributed by atoms with Crippen molar-refractivity contribution in [2.45, 2.75) is 6.92 Å². The van der Waals surface area contributed by atoms with Gasteiger partial charge >= 0.3 is 5.69 Å². The van der Waals surface area contributed by atoms with Gasteiger partial charge in [0.25, 0.3) is 0 Å². The van der Waals surface area contributed by atoms with Crippen molar-refractivity contribution >= 4 is 5.69 Å². The Balaban J connectivity index is 2.46. The number of para-hydroxylation sites is 2. The van der Waals surface area contributed by atoms with E-state index in [1.54, 1.807) is 25.1 Å². The molecular weight excluding hydrogens is 246 g/mol. The molecule has 0 aliphatic heterocycles. The first-order chi connectivity index (χ1) is 9.13. The van der Waals surface area contributed by atoms with Crippen molar-refractivity contribution in [2.75, 3.05) is 0 Å². The quantitative estimate of drug-likeness (QED) is 0.621. The molecule has 0 N–H and O–H groups in total. The van der Waals surface area contributed by atoms with Crippen molar-refractivity contribution in [2.24, 2.45) is 0 Å². The minimum atomic E-state index is -0.544. The molecule has 2 aromatic rings. The monoisotopic (exact) mass is 255 g/mol. The maximum Gasteiger partial charge on any atom is 0.311 e. The maximum atomic E-state index is 10.9. The van der Waals surface area contributed by atoms with E-state index in [1.807, 2.05) is 6.07 Å². The van der Waals surface area contributed by atoms with E-state index in [0.717, 1.165) is 0 Å². The number of rotatable bonds is 3. The first kappa shape index (κ1) is 12.5. The van der Waals surface area contributed by atoms with Crippen LogP contribution in [0.15, 0.2) is 36.5 Å². The molecule has 0 fully saturated rings. The molecule has 0 unspecified atom stereocenters.